The highest BCUT2D eigenvalue weighted by Crippen LogP contribution is 2.53. The monoisotopic (exact) mass is 555 g/mol. The molecule has 0 spiro atoms. The molecular formula is C29H34FN3O7. The summed E-state index contributed by atoms with van der Waals surface area (Å²) in [6, 6.07) is 0.343. The zero-order chi connectivity index (χ0) is 28.8. The lowest BCUT2D eigenvalue weighted by atomic mass is 9.57. The second-order valence-electron chi connectivity index (χ2n) is 12.3. The van der Waals surface area contributed by atoms with Gasteiger partial charge in [0.2, 0.25) is 5.78 Å². The summed E-state index contributed by atoms with van der Waals surface area (Å²) in [5, 5.41) is 48.1. The Kier molecular flexibility index (Phi) is 6.14. The minimum atomic E-state index is -2.72. The van der Waals surface area contributed by atoms with Crippen molar-refractivity contribution in [2.45, 2.75) is 62.8 Å². The van der Waals surface area contributed by atoms with Crippen LogP contribution in [0.1, 0.15) is 48.8 Å². The van der Waals surface area contributed by atoms with Crippen LogP contribution in [0, 0.1) is 29.5 Å². The van der Waals surface area contributed by atoms with Crippen molar-refractivity contribution in [2.24, 2.45) is 29.4 Å². The number of hydrogen-bond acceptors (Lipinski definition) is 9. The summed E-state index contributed by atoms with van der Waals surface area (Å²) in [7, 11) is 3.06. The fraction of sp³-hybridized carbons (Fsp3) is 0.552. The molecule has 40 heavy (non-hydrogen) atoms. The van der Waals surface area contributed by atoms with E-state index in [-0.39, 0.29) is 41.6 Å². The third-order valence-electron chi connectivity index (χ3n) is 10.0. The molecule has 7 N–H and O–H groups in total. The number of rotatable bonds is 5. The average molecular weight is 556 g/mol. The number of nitrogens with two attached hydrogens (primary N) is 1. The van der Waals surface area contributed by atoms with Gasteiger partial charge in [0, 0.05) is 35.2 Å². The number of nitrogens with one attached hydrogen (secondary N) is 1. The Bertz CT molecular complexity index is 1420. The third-order valence-corrected chi connectivity index (χ3v) is 10.0. The van der Waals surface area contributed by atoms with Crippen LogP contribution in [0.3, 0.4) is 0 Å². The van der Waals surface area contributed by atoms with Crippen molar-refractivity contribution < 1.29 is 39.2 Å². The molecule has 7 atom stereocenters. The van der Waals surface area contributed by atoms with E-state index in [0.29, 0.717) is 17.9 Å². The maximum Gasteiger partial charge on any atom is 0.255 e. The van der Waals surface area contributed by atoms with E-state index in [1.165, 1.54) is 37.9 Å². The zero-order valence-corrected chi connectivity index (χ0v) is 22.4. The quantitative estimate of drug-likeness (QED) is 0.293. The fourth-order valence-electron chi connectivity index (χ4n) is 8.21. The van der Waals surface area contributed by atoms with Gasteiger partial charge in [-0.3, -0.25) is 19.3 Å². The standard InChI is InChI=1S/C29H34FN3O7/c1-33(2)23-16-8-13-7-15-20(18(34)9-14(22(15)30)10-32-17-6-11-3-4-12(17)5-11)24(35)19(13)26(37)29(16,40)27(38)21(25(23)36)28(31)39/h9,11-13,16-17,23,32,34-35,38,40H,3-8,10H2,1-2H3,(H2,31,39)/t11?,12?,13-,16-,17+,23-,29-/m0/s1. The van der Waals surface area contributed by atoms with Crippen molar-refractivity contribution in [3.05, 3.63) is 45.5 Å². The van der Waals surface area contributed by atoms with Crippen molar-refractivity contribution in [1.82, 2.24) is 10.2 Å². The molecule has 5 aliphatic carbocycles. The predicted molar refractivity (Wildman–Crippen MR) is 140 cm³/mol. The molecule has 1 aromatic rings. The number of ketones is 2. The molecule has 10 nitrogen and oxygen atoms in total. The number of aliphatic hydroxyl groups excluding tert-OH is 2. The molecular weight excluding hydrogens is 521 g/mol. The molecule has 214 valence electrons. The van der Waals surface area contributed by atoms with E-state index in [4.69, 9.17) is 5.73 Å². The van der Waals surface area contributed by atoms with Gasteiger partial charge >= 0.3 is 0 Å². The molecule has 1 aromatic carbocycles. The molecule has 11 heteroatoms. The van der Waals surface area contributed by atoms with E-state index in [1.54, 1.807) is 0 Å². The van der Waals surface area contributed by atoms with Gasteiger partial charge in [-0.1, -0.05) is 6.42 Å². The van der Waals surface area contributed by atoms with Crippen molar-refractivity contribution in [3.63, 3.8) is 0 Å². The maximum absolute atomic E-state index is 15.9. The van der Waals surface area contributed by atoms with E-state index < -0.39 is 69.6 Å². The van der Waals surface area contributed by atoms with Crippen molar-refractivity contribution in [1.29, 1.82) is 0 Å². The van der Waals surface area contributed by atoms with Crippen LogP contribution < -0.4 is 11.1 Å². The number of phenolic OH excluding ortho intramolecular Hbond substituents is 1. The molecule has 0 aromatic heterocycles. The first-order chi connectivity index (χ1) is 18.9. The third kappa shape index (κ3) is 3.60. The normalized spacial score (nSPS) is 34.8. The number of nitrogens with zero attached hydrogens (tertiary/aromatic N) is 1. The van der Waals surface area contributed by atoms with Gasteiger partial charge < -0.3 is 31.5 Å². The topological polar surface area (TPSA) is 173 Å². The van der Waals surface area contributed by atoms with E-state index in [9.17, 15) is 34.8 Å². The largest absolute Gasteiger partial charge is 0.508 e. The lowest BCUT2D eigenvalue weighted by molar-refractivity contribution is -0.153. The molecule has 0 saturated heterocycles. The van der Waals surface area contributed by atoms with Gasteiger partial charge in [0.15, 0.2) is 11.4 Å². The lowest BCUT2D eigenvalue weighted by Crippen LogP contribution is -2.65. The Morgan fingerprint density at radius 2 is 1.90 bits per heavy atom. The summed E-state index contributed by atoms with van der Waals surface area (Å²) in [6.07, 6.45) is 4.47. The second-order valence-corrected chi connectivity index (χ2v) is 12.3. The number of amides is 1. The van der Waals surface area contributed by atoms with E-state index >= 15 is 4.39 Å². The van der Waals surface area contributed by atoms with Crippen LogP contribution >= 0.6 is 0 Å². The van der Waals surface area contributed by atoms with Crippen molar-refractivity contribution >= 4 is 23.2 Å². The first kappa shape index (κ1) is 26.9. The number of hydrogen-bond donors (Lipinski definition) is 6. The predicted octanol–water partition coefficient (Wildman–Crippen LogP) is 1.38. The Morgan fingerprint density at radius 3 is 2.50 bits per heavy atom. The Labute approximate surface area is 230 Å². The van der Waals surface area contributed by atoms with Crippen LogP contribution in [0.25, 0.3) is 5.76 Å². The van der Waals surface area contributed by atoms with Crippen LogP contribution in [-0.4, -0.2) is 74.6 Å². The minimum Gasteiger partial charge on any atom is -0.508 e. The maximum atomic E-state index is 15.9. The van der Waals surface area contributed by atoms with Crippen LogP contribution in [0.2, 0.25) is 0 Å². The molecule has 1 amide bonds. The van der Waals surface area contributed by atoms with E-state index in [2.05, 4.69) is 5.32 Å². The number of halogens is 1. The number of Topliss-reactive ketones (excluding diaryl/α,β-unsaturated/α-hetero) is 2. The molecule has 2 bridgehead atoms. The molecule has 0 radical (unpaired) electrons. The summed E-state index contributed by atoms with van der Waals surface area (Å²) >= 11 is 0. The van der Waals surface area contributed by atoms with Crippen LogP contribution in [-0.2, 0) is 27.3 Å². The zero-order valence-electron chi connectivity index (χ0n) is 22.4. The summed E-state index contributed by atoms with van der Waals surface area (Å²) in [5.74, 6) is -6.83. The Morgan fingerprint density at radius 1 is 1.18 bits per heavy atom. The number of fused-ring (bicyclic) bond motifs is 5. The van der Waals surface area contributed by atoms with Gasteiger partial charge in [0.1, 0.15) is 28.7 Å². The number of primary amides is 1. The van der Waals surface area contributed by atoms with E-state index in [0.717, 1.165) is 12.8 Å². The van der Waals surface area contributed by atoms with Crippen LogP contribution in [0.15, 0.2) is 23.0 Å². The summed E-state index contributed by atoms with van der Waals surface area (Å²) < 4.78 is 15.9. The molecule has 5 aliphatic rings. The highest BCUT2D eigenvalue weighted by Gasteiger charge is 2.64. The Hall–Kier alpha value is -3.28. The SMILES string of the molecule is CN(C)[C@@H]1C(=O)C(C(N)=O)=C(O)[C@@]2(O)C(=O)C3=C(O)c4c(O)cc(CN[C@@H]5CC6CCC5C6)c(F)c4C[C@H]3C[C@@H]12. The lowest BCUT2D eigenvalue weighted by Gasteiger charge is -2.50. The van der Waals surface area contributed by atoms with Gasteiger partial charge in [0.25, 0.3) is 5.91 Å². The van der Waals surface area contributed by atoms with Crippen molar-refractivity contribution in [3.8, 4) is 5.75 Å². The minimum absolute atomic E-state index is 0.0513. The van der Waals surface area contributed by atoms with Gasteiger partial charge in [-0.05, 0) is 70.0 Å². The highest BCUT2D eigenvalue weighted by atomic mass is 19.1. The van der Waals surface area contributed by atoms with Gasteiger partial charge in [-0.15, -0.1) is 0 Å². The first-order valence-electron chi connectivity index (χ1n) is 13.8. The smallest absolute Gasteiger partial charge is 0.255 e. The number of likely N-dealkylation sites (N-methyl/N-ethyl adjacent to an activating group) is 1. The molecule has 2 unspecified atom stereocenters. The number of carbonyl (C=O) groups is 3. The van der Waals surface area contributed by atoms with Crippen molar-refractivity contribution in [2.75, 3.05) is 14.1 Å². The number of benzene rings is 1. The highest BCUT2D eigenvalue weighted by molar-refractivity contribution is 6.24. The fourth-order valence-corrected chi connectivity index (χ4v) is 8.21. The van der Waals surface area contributed by atoms with Gasteiger partial charge in [0.05, 0.1) is 11.6 Å². The van der Waals surface area contributed by atoms with Crippen LogP contribution in [0.5, 0.6) is 5.75 Å². The summed E-state index contributed by atoms with van der Waals surface area (Å²) in [6.45, 7) is 0.204. The number of carbonyl (C=O) groups excluding carboxylic acids is 3. The average Bonchev–Trinajstić information content (AvgIpc) is 3.50. The summed E-state index contributed by atoms with van der Waals surface area (Å²) in [5.41, 5.74) is 1.51. The molecule has 3 saturated carbocycles. The number of aromatic hydroxyl groups is 1. The number of phenols is 1. The van der Waals surface area contributed by atoms with Gasteiger partial charge in [-0.25, -0.2) is 4.39 Å². The van der Waals surface area contributed by atoms with Crippen LogP contribution in [0.4, 0.5) is 4.39 Å². The van der Waals surface area contributed by atoms with E-state index in [1.807, 2.05) is 0 Å². The first-order valence-corrected chi connectivity index (χ1v) is 13.8. The molecule has 0 aliphatic heterocycles. The number of aliphatic hydroxyl groups is 3. The second kappa shape index (κ2) is 9.12. The molecule has 6 rings (SSSR count). The Balaban J connectivity index is 1.40. The summed E-state index contributed by atoms with van der Waals surface area (Å²) in [4.78, 5) is 40.5. The van der Waals surface area contributed by atoms with Gasteiger partial charge in [-0.2, -0.15) is 0 Å². The molecule has 3 fully saturated rings. The molecule has 0 heterocycles.